The number of hydrogen-bond acceptors (Lipinski definition) is 2. The third-order valence-corrected chi connectivity index (χ3v) is 1.29. The van der Waals surface area contributed by atoms with E-state index in [1.165, 1.54) is 0 Å². The van der Waals surface area contributed by atoms with E-state index in [1.54, 1.807) is 12.2 Å². The number of nitriles is 1. The Labute approximate surface area is 67.3 Å². The third-order valence-electron chi connectivity index (χ3n) is 1.29. The number of allylic oxidation sites excluding steroid dienone is 4. The zero-order chi connectivity index (χ0) is 8.69. The van der Waals surface area contributed by atoms with E-state index in [0.29, 0.717) is 12.1 Å². The first kappa shape index (κ1) is 9.51. The minimum absolute atomic E-state index is 0.354. The lowest BCUT2D eigenvalue weighted by Gasteiger charge is -1.99. The lowest BCUT2D eigenvalue weighted by Crippen LogP contribution is -1.99. The Bertz CT molecular complexity index is 228. The normalized spacial score (nSPS) is 12.4. The van der Waals surface area contributed by atoms with Gasteiger partial charge in [0.2, 0.25) is 0 Å². The summed E-state index contributed by atoms with van der Waals surface area (Å²) >= 11 is 0. The standard InChI is InChI=1S/C9H12N2/c1-3-5-9(11)8(4-2)6-7-10/h3-5H,1,6,11H2,2H3/b8-4-,9-5+. The molecule has 0 aromatic heterocycles. The Kier molecular flexibility index (Phi) is 4.59. The summed E-state index contributed by atoms with van der Waals surface area (Å²) in [5.74, 6) is 0. The molecule has 0 aliphatic rings. The molecule has 0 amide bonds. The van der Waals surface area contributed by atoms with Gasteiger partial charge in [0.1, 0.15) is 0 Å². The van der Waals surface area contributed by atoms with Crippen molar-refractivity contribution in [1.29, 1.82) is 5.26 Å². The zero-order valence-corrected chi connectivity index (χ0v) is 6.67. The maximum Gasteiger partial charge on any atom is 0.0670 e. The first-order valence-electron chi connectivity index (χ1n) is 3.37. The summed E-state index contributed by atoms with van der Waals surface area (Å²) < 4.78 is 0. The second-order valence-corrected chi connectivity index (χ2v) is 2.01. The minimum Gasteiger partial charge on any atom is -0.398 e. The van der Waals surface area contributed by atoms with Crippen LogP contribution < -0.4 is 5.73 Å². The molecule has 0 spiro atoms. The van der Waals surface area contributed by atoms with Gasteiger partial charge in [0.15, 0.2) is 0 Å². The quantitative estimate of drug-likeness (QED) is 0.621. The molecule has 0 aliphatic heterocycles. The van der Waals surface area contributed by atoms with Crippen molar-refractivity contribution >= 4 is 0 Å². The first-order chi connectivity index (χ1) is 5.26. The molecule has 0 rings (SSSR count). The Balaban J connectivity index is 4.42. The van der Waals surface area contributed by atoms with Crippen molar-refractivity contribution < 1.29 is 0 Å². The molecule has 0 aromatic rings. The second kappa shape index (κ2) is 5.31. The topological polar surface area (TPSA) is 49.8 Å². The van der Waals surface area contributed by atoms with Gasteiger partial charge in [0, 0.05) is 5.70 Å². The Morgan fingerprint density at radius 2 is 2.36 bits per heavy atom. The molecule has 0 bridgehead atoms. The van der Waals surface area contributed by atoms with Crippen LogP contribution in [0.1, 0.15) is 13.3 Å². The van der Waals surface area contributed by atoms with Gasteiger partial charge in [-0.1, -0.05) is 18.7 Å². The second-order valence-electron chi connectivity index (χ2n) is 2.01. The van der Waals surface area contributed by atoms with E-state index in [2.05, 4.69) is 6.58 Å². The molecule has 0 unspecified atom stereocenters. The fraction of sp³-hybridized carbons (Fsp3) is 0.222. The Morgan fingerprint density at radius 3 is 2.73 bits per heavy atom. The van der Waals surface area contributed by atoms with Crippen molar-refractivity contribution in [2.24, 2.45) is 5.73 Å². The van der Waals surface area contributed by atoms with Crippen molar-refractivity contribution in [2.75, 3.05) is 0 Å². The highest BCUT2D eigenvalue weighted by Gasteiger charge is 1.96. The van der Waals surface area contributed by atoms with E-state index >= 15 is 0 Å². The molecule has 2 nitrogen and oxygen atoms in total. The van der Waals surface area contributed by atoms with Crippen molar-refractivity contribution in [3.05, 3.63) is 36.1 Å². The Morgan fingerprint density at radius 1 is 1.73 bits per heavy atom. The third kappa shape index (κ3) is 3.27. The van der Waals surface area contributed by atoms with Crippen molar-refractivity contribution in [2.45, 2.75) is 13.3 Å². The monoisotopic (exact) mass is 148 g/mol. The van der Waals surface area contributed by atoms with E-state index in [-0.39, 0.29) is 0 Å². The van der Waals surface area contributed by atoms with E-state index < -0.39 is 0 Å². The molecule has 0 saturated carbocycles. The van der Waals surface area contributed by atoms with Gasteiger partial charge < -0.3 is 5.73 Å². The molecular weight excluding hydrogens is 136 g/mol. The lowest BCUT2D eigenvalue weighted by molar-refractivity contribution is 1.17. The summed E-state index contributed by atoms with van der Waals surface area (Å²) in [6.45, 7) is 5.37. The largest absolute Gasteiger partial charge is 0.398 e. The van der Waals surface area contributed by atoms with E-state index in [4.69, 9.17) is 11.0 Å². The average Bonchev–Trinajstić information content (AvgIpc) is 2.00. The molecule has 0 saturated heterocycles. The van der Waals surface area contributed by atoms with Gasteiger partial charge in [0.25, 0.3) is 0 Å². The summed E-state index contributed by atoms with van der Waals surface area (Å²) in [5.41, 5.74) is 7.06. The van der Waals surface area contributed by atoms with Gasteiger partial charge in [-0.05, 0) is 18.6 Å². The molecule has 0 radical (unpaired) electrons. The fourth-order valence-electron chi connectivity index (χ4n) is 0.690. The number of nitrogens with two attached hydrogens (primary N) is 1. The van der Waals surface area contributed by atoms with Crippen LogP contribution in [0.4, 0.5) is 0 Å². The molecule has 0 fully saturated rings. The summed E-state index contributed by atoms with van der Waals surface area (Å²) in [7, 11) is 0. The highest BCUT2D eigenvalue weighted by Crippen LogP contribution is 2.07. The van der Waals surface area contributed by atoms with Gasteiger partial charge >= 0.3 is 0 Å². The first-order valence-corrected chi connectivity index (χ1v) is 3.37. The van der Waals surface area contributed by atoms with Crippen LogP contribution in [0.15, 0.2) is 36.1 Å². The van der Waals surface area contributed by atoms with Gasteiger partial charge in [-0.15, -0.1) is 0 Å². The van der Waals surface area contributed by atoms with Crippen LogP contribution in [-0.2, 0) is 0 Å². The molecule has 0 aromatic carbocycles. The van der Waals surface area contributed by atoms with Crippen molar-refractivity contribution in [3.63, 3.8) is 0 Å². The van der Waals surface area contributed by atoms with Gasteiger partial charge in [0.05, 0.1) is 12.5 Å². The summed E-state index contributed by atoms with van der Waals surface area (Å²) in [6, 6.07) is 2.03. The zero-order valence-electron chi connectivity index (χ0n) is 6.67. The fourth-order valence-corrected chi connectivity index (χ4v) is 0.690. The summed E-state index contributed by atoms with van der Waals surface area (Å²) in [6.07, 6.45) is 5.48. The van der Waals surface area contributed by atoms with E-state index in [0.717, 1.165) is 5.57 Å². The molecule has 11 heavy (non-hydrogen) atoms. The maximum absolute atomic E-state index is 8.39. The van der Waals surface area contributed by atoms with Gasteiger partial charge in [-0.2, -0.15) is 5.26 Å². The van der Waals surface area contributed by atoms with Crippen LogP contribution in [0.25, 0.3) is 0 Å². The van der Waals surface area contributed by atoms with Crippen LogP contribution in [0.3, 0.4) is 0 Å². The van der Waals surface area contributed by atoms with Gasteiger partial charge in [-0.3, -0.25) is 0 Å². The predicted molar refractivity (Wildman–Crippen MR) is 46.5 cm³/mol. The van der Waals surface area contributed by atoms with Crippen LogP contribution >= 0.6 is 0 Å². The average molecular weight is 148 g/mol. The maximum atomic E-state index is 8.39. The minimum atomic E-state index is 0.354. The lowest BCUT2D eigenvalue weighted by atomic mass is 10.1. The highest BCUT2D eigenvalue weighted by molar-refractivity contribution is 5.32. The SMILES string of the molecule is C=C/C=C(N)\C(=C/C)CC#N. The molecule has 0 aliphatic carbocycles. The molecular formula is C9H12N2. The van der Waals surface area contributed by atoms with E-state index in [1.807, 2.05) is 19.1 Å². The summed E-state index contributed by atoms with van der Waals surface area (Å²) in [4.78, 5) is 0. The molecule has 58 valence electrons. The molecule has 2 heteroatoms. The van der Waals surface area contributed by atoms with Crippen LogP contribution in [0.5, 0.6) is 0 Å². The Hall–Kier alpha value is -1.49. The summed E-state index contributed by atoms with van der Waals surface area (Å²) in [5, 5.41) is 8.39. The number of hydrogen-bond donors (Lipinski definition) is 1. The number of rotatable bonds is 3. The van der Waals surface area contributed by atoms with Crippen LogP contribution in [0.2, 0.25) is 0 Å². The van der Waals surface area contributed by atoms with Crippen molar-refractivity contribution in [1.82, 2.24) is 0 Å². The molecule has 2 N–H and O–H groups in total. The van der Waals surface area contributed by atoms with Gasteiger partial charge in [-0.25, -0.2) is 0 Å². The predicted octanol–water partition coefficient (Wildman–Crippen LogP) is 1.87. The number of nitrogens with zero attached hydrogens (tertiary/aromatic N) is 1. The van der Waals surface area contributed by atoms with E-state index in [9.17, 15) is 0 Å². The smallest absolute Gasteiger partial charge is 0.0670 e. The van der Waals surface area contributed by atoms with Crippen LogP contribution in [0, 0.1) is 11.3 Å². The molecule has 0 heterocycles. The van der Waals surface area contributed by atoms with Crippen LogP contribution in [-0.4, -0.2) is 0 Å². The highest BCUT2D eigenvalue weighted by atomic mass is 14.6. The van der Waals surface area contributed by atoms with Crippen molar-refractivity contribution in [3.8, 4) is 6.07 Å². The molecule has 0 atom stereocenters.